The number of anilines is 2. The van der Waals surface area contributed by atoms with Crippen molar-refractivity contribution in [2.45, 2.75) is 64.1 Å². The lowest BCUT2D eigenvalue weighted by Crippen LogP contribution is -2.53. The van der Waals surface area contributed by atoms with Gasteiger partial charge < -0.3 is 18.9 Å². The van der Waals surface area contributed by atoms with Gasteiger partial charge in [-0.15, -0.1) is 0 Å². The molecule has 0 bridgehead atoms. The number of allylic oxidation sites excluding steroid dienone is 2. The lowest BCUT2D eigenvalue weighted by atomic mass is 9.97. The summed E-state index contributed by atoms with van der Waals surface area (Å²) in [5, 5.41) is 0. The van der Waals surface area contributed by atoms with Crippen LogP contribution in [0.15, 0.2) is 48.0 Å². The minimum atomic E-state index is -0.389. The van der Waals surface area contributed by atoms with Crippen LogP contribution >= 0.6 is 0 Å². The minimum absolute atomic E-state index is 0.149. The molecule has 0 radical (unpaired) electrons. The number of aryl methyl sites for hydroxylation is 1. The molecular weight excluding hydrogens is 492 g/mol. The van der Waals surface area contributed by atoms with Gasteiger partial charge in [0.25, 0.3) is 0 Å². The van der Waals surface area contributed by atoms with Gasteiger partial charge in [0.15, 0.2) is 0 Å². The number of carbonyl (C=O) groups excluding carboxylic acids is 2. The van der Waals surface area contributed by atoms with Crippen LogP contribution in [-0.2, 0) is 20.8 Å². The van der Waals surface area contributed by atoms with E-state index in [-0.39, 0.29) is 17.5 Å². The number of amides is 1. The highest BCUT2D eigenvalue weighted by Crippen LogP contribution is 2.51. The molecule has 2 aromatic carbocycles. The van der Waals surface area contributed by atoms with E-state index in [0.717, 1.165) is 66.0 Å². The number of aromatic nitrogens is 2. The zero-order valence-electron chi connectivity index (χ0n) is 23.0. The van der Waals surface area contributed by atoms with Crippen molar-refractivity contribution in [1.29, 1.82) is 0 Å². The summed E-state index contributed by atoms with van der Waals surface area (Å²) in [5.41, 5.74) is 6.27. The van der Waals surface area contributed by atoms with Crippen molar-refractivity contribution < 1.29 is 19.1 Å². The molecule has 3 heterocycles. The highest BCUT2D eigenvalue weighted by Gasteiger charge is 2.52. The first kappa shape index (κ1) is 25.6. The maximum atomic E-state index is 13.1. The SMILES string of the molecule is COCCN1c2ccc(-c3nc4cc(C(=O)OC)ccc4n3CCC3=CCCCC3)cc2N2C(=O)CCC12C. The predicted octanol–water partition coefficient (Wildman–Crippen LogP) is 5.69. The fourth-order valence-corrected chi connectivity index (χ4v) is 6.57. The average molecular weight is 529 g/mol. The Hall–Kier alpha value is -3.65. The third kappa shape index (κ3) is 4.31. The summed E-state index contributed by atoms with van der Waals surface area (Å²) in [6.45, 7) is 4.25. The summed E-state index contributed by atoms with van der Waals surface area (Å²) in [6, 6.07) is 11.9. The normalized spacial score (nSPS) is 20.4. The third-order valence-electron chi connectivity index (χ3n) is 8.62. The standard InChI is InChI=1S/C31H36N4O4/c1-31-15-13-28(36)35(31)27-20-22(9-12-26(27)34(31)17-18-38-2)29-32-24-19-23(30(37)39-3)10-11-25(24)33(29)16-14-21-7-5-4-6-8-21/h7,9-12,19-20H,4-6,8,13-18H2,1-3H3. The molecule has 1 aliphatic carbocycles. The van der Waals surface area contributed by atoms with Gasteiger partial charge in [0.2, 0.25) is 5.91 Å². The Kier molecular flexibility index (Phi) is 6.67. The molecule has 1 amide bonds. The van der Waals surface area contributed by atoms with Crippen LogP contribution in [0.5, 0.6) is 0 Å². The second-order valence-corrected chi connectivity index (χ2v) is 10.9. The van der Waals surface area contributed by atoms with Crippen LogP contribution in [0.3, 0.4) is 0 Å². The Morgan fingerprint density at radius 3 is 2.69 bits per heavy atom. The molecular formula is C31H36N4O4. The van der Waals surface area contributed by atoms with Gasteiger partial charge in [-0.2, -0.15) is 0 Å². The second-order valence-electron chi connectivity index (χ2n) is 10.9. The number of rotatable bonds is 8. The smallest absolute Gasteiger partial charge is 0.337 e. The zero-order chi connectivity index (χ0) is 27.1. The maximum Gasteiger partial charge on any atom is 0.337 e. The number of methoxy groups -OCH3 is 2. The summed E-state index contributed by atoms with van der Waals surface area (Å²) in [6.07, 6.45) is 9.50. The van der Waals surface area contributed by atoms with E-state index < -0.39 is 0 Å². The highest BCUT2D eigenvalue weighted by atomic mass is 16.5. The Morgan fingerprint density at radius 1 is 1.05 bits per heavy atom. The summed E-state index contributed by atoms with van der Waals surface area (Å²) < 4.78 is 12.6. The number of benzene rings is 2. The van der Waals surface area contributed by atoms with Gasteiger partial charge in [0, 0.05) is 32.2 Å². The van der Waals surface area contributed by atoms with E-state index in [0.29, 0.717) is 25.1 Å². The van der Waals surface area contributed by atoms with Crippen molar-refractivity contribution in [3.05, 3.63) is 53.6 Å². The Morgan fingerprint density at radius 2 is 1.92 bits per heavy atom. The summed E-state index contributed by atoms with van der Waals surface area (Å²) in [7, 11) is 3.10. The molecule has 1 fully saturated rings. The first-order valence-corrected chi connectivity index (χ1v) is 13.9. The molecule has 2 aliphatic heterocycles. The summed E-state index contributed by atoms with van der Waals surface area (Å²) in [5.74, 6) is 0.618. The first-order valence-electron chi connectivity index (χ1n) is 13.9. The molecule has 204 valence electrons. The predicted molar refractivity (Wildman–Crippen MR) is 152 cm³/mol. The van der Waals surface area contributed by atoms with E-state index in [4.69, 9.17) is 14.5 Å². The fourth-order valence-electron chi connectivity index (χ4n) is 6.57. The van der Waals surface area contributed by atoms with Crippen LogP contribution in [-0.4, -0.2) is 54.5 Å². The highest BCUT2D eigenvalue weighted by molar-refractivity contribution is 6.05. The Balaban J connectivity index is 1.45. The Bertz CT molecular complexity index is 1470. The molecule has 0 N–H and O–H groups in total. The molecule has 1 atom stereocenters. The number of esters is 1. The molecule has 0 saturated carbocycles. The molecule has 39 heavy (non-hydrogen) atoms. The van der Waals surface area contributed by atoms with Crippen LogP contribution in [0.25, 0.3) is 22.4 Å². The van der Waals surface area contributed by atoms with E-state index in [2.05, 4.69) is 40.7 Å². The lowest BCUT2D eigenvalue weighted by Gasteiger charge is -2.37. The minimum Gasteiger partial charge on any atom is -0.465 e. The van der Waals surface area contributed by atoms with Crippen molar-refractivity contribution in [3.8, 4) is 11.4 Å². The molecule has 1 saturated heterocycles. The van der Waals surface area contributed by atoms with Crippen LogP contribution in [0.1, 0.15) is 62.2 Å². The van der Waals surface area contributed by atoms with Gasteiger partial charge in [0.1, 0.15) is 11.5 Å². The van der Waals surface area contributed by atoms with Crippen molar-refractivity contribution in [2.75, 3.05) is 37.2 Å². The monoisotopic (exact) mass is 528 g/mol. The second kappa shape index (κ2) is 10.2. The molecule has 3 aliphatic rings. The molecule has 8 heteroatoms. The van der Waals surface area contributed by atoms with Gasteiger partial charge in [0.05, 0.1) is 41.7 Å². The fraction of sp³-hybridized carbons (Fsp3) is 0.452. The number of hydrogen-bond donors (Lipinski definition) is 0. The largest absolute Gasteiger partial charge is 0.465 e. The molecule has 1 aromatic heterocycles. The van der Waals surface area contributed by atoms with Crippen LogP contribution in [0.2, 0.25) is 0 Å². The van der Waals surface area contributed by atoms with Gasteiger partial charge >= 0.3 is 5.97 Å². The molecule has 8 nitrogen and oxygen atoms in total. The number of hydrogen-bond acceptors (Lipinski definition) is 6. The van der Waals surface area contributed by atoms with E-state index >= 15 is 0 Å². The van der Waals surface area contributed by atoms with Gasteiger partial charge in [-0.25, -0.2) is 9.78 Å². The van der Waals surface area contributed by atoms with Crippen LogP contribution in [0.4, 0.5) is 11.4 Å². The summed E-state index contributed by atoms with van der Waals surface area (Å²) in [4.78, 5) is 34.7. The zero-order valence-corrected chi connectivity index (χ0v) is 23.0. The molecule has 3 aromatic rings. The molecule has 1 unspecified atom stereocenters. The maximum absolute atomic E-state index is 13.1. The first-order chi connectivity index (χ1) is 18.9. The number of fused-ring (bicyclic) bond motifs is 4. The van der Waals surface area contributed by atoms with Crippen LogP contribution in [0, 0.1) is 0 Å². The third-order valence-corrected chi connectivity index (χ3v) is 8.62. The quantitative estimate of drug-likeness (QED) is 0.276. The van der Waals surface area contributed by atoms with E-state index in [1.807, 2.05) is 17.0 Å². The van der Waals surface area contributed by atoms with E-state index in [1.165, 1.54) is 25.5 Å². The lowest BCUT2D eigenvalue weighted by molar-refractivity contribution is -0.117. The molecule has 6 rings (SSSR count). The average Bonchev–Trinajstić information content (AvgIpc) is 3.56. The van der Waals surface area contributed by atoms with Crippen molar-refractivity contribution >= 4 is 34.3 Å². The van der Waals surface area contributed by atoms with Crippen molar-refractivity contribution in [1.82, 2.24) is 9.55 Å². The van der Waals surface area contributed by atoms with Crippen molar-refractivity contribution in [3.63, 3.8) is 0 Å². The number of imidazole rings is 1. The van der Waals surface area contributed by atoms with Crippen molar-refractivity contribution in [2.24, 2.45) is 0 Å². The van der Waals surface area contributed by atoms with Gasteiger partial charge in [-0.3, -0.25) is 9.69 Å². The molecule has 0 spiro atoms. The Labute approximate surface area is 229 Å². The topological polar surface area (TPSA) is 76.9 Å². The van der Waals surface area contributed by atoms with Crippen LogP contribution < -0.4 is 9.80 Å². The number of nitrogens with zero attached hydrogens (tertiary/aromatic N) is 4. The van der Waals surface area contributed by atoms with Gasteiger partial charge in [-0.05, 0) is 81.8 Å². The van der Waals surface area contributed by atoms with E-state index in [9.17, 15) is 9.59 Å². The number of ether oxygens (including phenoxy) is 2. The summed E-state index contributed by atoms with van der Waals surface area (Å²) >= 11 is 0. The van der Waals surface area contributed by atoms with E-state index in [1.54, 1.807) is 13.2 Å². The number of carbonyl (C=O) groups is 2. The van der Waals surface area contributed by atoms with Gasteiger partial charge in [-0.1, -0.05) is 11.6 Å².